The van der Waals surface area contributed by atoms with Crippen LogP contribution in [-0.2, 0) is 9.84 Å². The highest BCUT2D eigenvalue weighted by Crippen LogP contribution is 2.28. The summed E-state index contributed by atoms with van der Waals surface area (Å²) in [6.45, 7) is 0.478. The van der Waals surface area contributed by atoms with Crippen LogP contribution in [0.2, 0.25) is 0 Å². The van der Waals surface area contributed by atoms with Crippen LogP contribution in [0.3, 0.4) is 0 Å². The van der Waals surface area contributed by atoms with Crippen molar-refractivity contribution < 1.29 is 18.2 Å². The average Bonchev–Trinajstić information content (AvgIpc) is 2.54. The molecule has 2 aromatic carbocycles. The van der Waals surface area contributed by atoms with Gasteiger partial charge in [-0.25, -0.2) is 8.42 Å². The van der Waals surface area contributed by atoms with E-state index in [2.05, 4.69) is 5.32 Å². The van der Waals surface area contributed by atoms with Gasteiger partial charge in [-0.3, -0.25) is 10.1 Å². The summed E-state index contributed by atoms with van der Waals surface area (Å²) in [5, 5.41) is 14.4. The van der Waals surface area contributed by atoms with Gasteiger partial charge in [0, 0.05) is 17.9 Å². The maximum Gasteiger partial charge on any atom is 0.293 e. The Labute approximate surface area is 147 Å². The van der Waals surface area contributed by atoms with Gasteiger partial charge in [-0.15, -0.1) is 0 Å². The first-order chi connectivity index (χ1) is 11.7. The molecule has 0 aliphatic heterocycles. The second kappa shape index (κ2) is 7.62. The number of nitrogens with one attached hydrogen (secondary N) is 2. The van der Waals surface area contributed by atoms with E-state index in [1.807, 2.05) is 44.4 Å². The zero-order valence-electron chi connectivity index (χ0n) is 14.4. The molecule has 0 aliphatic carbocycles. The molecule has 1 atom stereocenters. The van der Waals surface area contributed by atoms with Gasteiger partial charge in [-0.05, 0) is 12.1 Å². The number of nitro groups is 1. The van der Waals surface area contributed by atoms with Crippen LogP contribution in [0.1, 0.15) is 11.6 Å². The second-order valence-electron chi connectivity index (χ2n) is 6.13. The van der Waals surface area contributed by atoms with Crippen LogP contribution in [0.25, 0.3) is 0 Å². The van der Waals surface area contributed by atoms with Gasteiger partial charge in [0.15, 0.2) is 9.84 Å². The van der Waals surface area contributed by atoms with Gasteiger partial charge < -0.3 is 10.2 Å². The Morgan fingerprint density at radius 2 is 1.80 bits per heavy atom. The lowest BCUT2D eigenvalue weighted by atomic mass is 10.1. The molecule has 7 nitrogen and oxygen atoms in total. The molecule has 134 valence electrons. The van der Waals surface area contributed by atoms with Crippen LogP contribution in [0, 0.1) is 10.1 Å². The Morgan fingerprint density at radius 3 is 2.32 bits per heavy atom. The standard InChI is InChI=1S/C17H21N3O4S/c1-19(2)17(13-7-5-4-6-8-13)12-18-15-10-9-14(25(3,23)24)11-16(15)20(21)22/h4-11,17-18H,12H2,1-3H3/p+1/t17-/m0/s1. The first-order valence-corrected chi connectivity index (χ1v) is 9.66. The molecule has 8 heteroatoms. The summed E-state index contributed by atoms with van der Waals surface area (Å²) in [7, 11) is 0.529. The fourth-order valence-corrected chi connectivity index (χ4v) is 3.24. The van der Waals surface area contributed by atoms with Crippen LogP contribution < -0.4 is 10.2 Å². The molecule has 0 radical (unpaired) electrons. The molecule has 2 rings (SSSR count). The van der Waals surface area contributed by atoms with E-state index in [0.717, 1.165) is 17.9 Å². The van der Waals surface area contributed by atoms with Crippen molar-refractivity contribution >= 4 is 21.2 Å². The lowest BCUT2D eigenvalue weighted by molar-refractivity contribution is -0.890. The van der Waals surface area contributed by atoms with Crippen molar-refractivity contribution in [1.82, 2.24) is 0 Å². The van der Waals surface area contributed by atoms with Crippen molar-refractivity contribution in [2.45, 2.75) is 10.9 Å². The van der Waals surface area contributed by atoms with E-state index in [-0.39, 0.29) is 16.6 Å². The minimum absolute atomic E-state index is 0.0670. The molecular weight excluding hydrogens is 342 g/mol. The molecule has 0 fully saturated rings. The molecule has 0 unspecified atom stereocenters. The first kappa shape index (κ1) is 18.9. The third-order valence-corrected chi connectivity index (χ3v) is 5.10. The summed E-state index contributed by atoms with van der Waals surface area (Å²) in [5.41, 5.74) is 1.17. The van der Waals surface area contributed by atoms with Crippen LogP contribution >= 0.6 is 0 Å². The molecular formula is C17H22N3O4S+. The summed E-state index contributed by atoms with van der Waals surface area (Å²) < 4.78 is 23.2. The first-order valence-electron chi connectivity index (χ1n) is 7.77. The van der Waals surface area contributed by atoms with Crippen LogP contribution in [0.5, 0.6) is 0 Å². The van der Waals surface area contributed by atoms with E-state index in [4.69, 9.17) is 0 Å². The maximum absolute atomic E-state index is 11.6. The third kappa shape index (κ3) is 4.77. The molecule has 0 amide bonds. The minimum Gasteiger partial charge on any atom is -0.373 e. The van der Waals surface area contributed by atoms with Crippen LogP contribution in [0.4, 0.5) is 11.4 Å². The van der Waals surface area contributed by atoms with Gasteiger partial charge in [-0.1, -0.05) is 30.3 Å². The van der Waals surface area contributed by atoms with Crippen molar-refractivity contribution in [2.24, 2.45) is 0 Å². The topological polar surface area (TPSA) is 93.8 Å². The highest BCUT2D eigenvalue weighted by molar-refractivity contribution is 7.90. The van der Waals surface area contributed by atoms with Crippen molar-refractivity contribution in [2.75, 3.05) is 32.2 Å². The zero-order valence-corrected chi connectivity index (χ0v) is 15.2. The van der Waals surface area contributed by atoms with Crippen molar-refractivity contribution in [1.29, 1.82) is 0 Å². The quantitative estimate of drug-likeness (QED) is 0.570. The van der Waals surface area contributed by atoms with Gasteiger partial charge in [0.05, 0.1) is 30.5 Å². The summed E-state index contributed by atoms with van der Waals surface area (Å²) in [5.74, 6) is 0. The molecule has 2 aromatic rings. The third-order valence-electron chi connectivity index (χ3n) is 3.99. The van der Waals surface area contributed by atoms with Gasteiger partial charge >= 0.3 is 0 Å². The number of nitro benzene ring substituents is 1. The number of nitrogens with zero attached hydrogens (tertiary/aromatic N) is 1. The fraction of sp³-hybridized carbons (Fsp3) is 0.294. The monoisotopic (exact) mass is 364 g/mol. The minimum atomic E-state index is -3.50. The Hall–Kier alpha value is -2.45. The molecule has 0 saturated carbocycles. The lowest BCUT2D eigenvalue weighted by Crippen LogP contribution is -3.06. The van der Waals surface area contributed by atoms with E-state index in [0.29, 0.717) is 12.2 Å². The second-order valence-corrected chi connectivity index (χ2v) is 8.15. The van der Waals surface area contributed by atoms with Gasteiger partial charge in [0.2, 0.25) is 0 Å². The molecule has 0 aromatic heterocycles. The number of sulfone groups is 1. The number of quaternary nitrogens is 1. The van der Waals surface area contributed by atoms with Crippen molar-refractivity contribution in [3.63, 3.8) is 0 Å². The highest BCUT2D eigenvalue weighted by atomic mass is 32.2. The van der Waals surface area contributed by atoms with E-state index >= 15 is 0 Å². The van der Waals surface area contributed by atoms with E-state index in [1.54, 1.807) is 0 Å². The smallest absolute Gasteiger partial charge is 0.293 e. The van der Waals surface area contributed by atoms with Crippen molar-refractivity contribution in [3.05, 3.63) is 64.2 Å². The molecule has 0 spiro atoms. The summed E-state index contributed by atoms with van der Waals surface area (Å²) in [6.07, 6.45) is 1.03. The normalized spacial score (nSPS) is 12.8. The average molecular weight is 364 g/mol. The summed E-state index contributed by atoms with van der Waals surface area (Å²) in [4.78, 5) is 11.9. The Kier molecular flexibility index (Phi) is 5.76. The predicted octanol–water partition coefficient (Wildman–Crippen LogP) is 1.30. The zero-order chi connectivity index (χ0) is 18.6. The number of benzene rings is 2. The maximum atomic E-state index is 11.6. The van der Waals surface area contributed by atoms with E-state index in [9.17, 15) is 18.5 Å². The molecule has 25 heavy (non-hydrogen) atoms. The largest absolute Gasteiger partial charge is 0.373 e. The number of anilines is 1. The number of hydrogen-bond acceptors (Lipinski definition) is 5. The summed E-state index contributed by atoms with van der Waals surface area (Å²) in [6, 6.07) is 13.9. The lowest BCUT2D eigenvalue weighted by Gasteiger charge is -2.22. The van der Waals surface area contributed by atoms with Crippen LogP contribution in [-0.4, -0.2) is 40.2 Å². The van der Waals surface area contributed by atoms with Gasteiger partial charge in [0.25, 0.3) is 5.69 Å². The SMILES string of the molecule is C[NH+](C)[C@@H](CNc1ccc(S(C)(=O)=O)cc1[N+](=O)[O-])c1ccccc1. The number of hydrogen-bond donors (Lipinski definition) is 2. The predicted molar refractivity (Wildman–Crippen MR) is 96.7 cm³/mol. The molecule has 0 aliphatic rings. The molecule has 0 heterocycles. The number of rotatable bonds is 7. The van der Waals surface area contributed by atoms with E-state index < -0.39 is 14.8 Å². The fourth-order valence-electron chi connectivity index (χ4n) is 2.60. The molecule has 0 bridgehead atoms. The Morgan fingerprint density at radius 1 is 1.16 bits per heavy atom. The Bertz CT molecular complexity index is 851. The Balaban J connectivity index is 2.28. The molecule has 2 N–H and O–H groups in total. The van der Waals surface area contributed by atoms with Crippen LogP contribution in [0.15, 0.2) is 53.4 Å². The highest BCUT2D eigenvalue weighted by Gasteiger charge is 2.22. The molecule has 0 saturated heterocycles. The summed E-state index contributed by atoms with van der Waals surface area (Å²) >= 11 is 0. The van der Waals surface area contributed by atoms with Crippen molar-refractivity contribution in [3.8, 4) is 0 Å². The number of likely N-dealkylation sites (N-methyl/N-ethyl adjacent to an activating group) is 1. The van der Waals surface area contributed by atoms with E-state index in [1.165, 1.54) is 17.0 Å². The van der Waals surface area contributed by atoms with Gasteiger partial charge in [-0.2, -0.15) is 0 Å². The van der Waals surface area contributed by atoms with Gasteiger partial charge in [0.1, 0.15) is 11.7 Å².